The minimum Gasteiger partial charge on any atom is -0.497 e. The zero-order valence-corrected chi connectivity index (χ0v) is 15.3. The lowest BCUT2D eigenvalue weighted by atomic mass is 10.2. The molecule has 8 nitrogen and oxygen atoms in total. The summed E-state index contributed by atoms with van der Waals surface area (Å²) in [5, 5.41) is 10.7. The summed E-state index contributed by atoms with van der Waals surface area (Å²) in [7, 11) is 5.22. The van der Waals surface area contributed by atoms with Gasteiger partial charge in [-0.1, -0.05) is 6.07 Å². The summed E-state index contributed by atoms with van der Waals surface area (Å²) < 4.78 is 7.00. The van der Waals surface area contributed by atoms with Gasteiger partial charge < -0.3 is 20.3 Å². The average molecular weight is 356 g/mol. The Morgan fingerprint density at radius 3 is 3.00 bits per heavy atom. The van der Waals surface area contributed by atoms with E-state index in [1.54, 1.807) is 23.7 Å². The molecular formula is C18H24N6O2. The van der Waals surface area contributed by atoms with Crippen LogP contribution in [-0.2, 0) is 18.4 Å². The molecule has 2 N–H and O–H groups in total. The first kappa shape index (κ1) is 17.8. The van der Waals surface area contributed by atoms with Crippen LogP contribution < -0.4 is 20.3 Å². The zero-order chi connectivity index (χ0) is 18.5. The first-order valence-electron chi connectivity index (χ1n) is 8.48. The molecule has 2 heterocycles. The van der Waals surface area contributed by atoms with Gasteiger partial charge in [0.2, 0.25) is 5.91 Å². The smallest absolute Gasteiger partial charge is 0.229 e. The third-order valence-corrected chi connectivity index (χ3v) is 4.27. The highest BCUT2D eigenvalue weighted by Crippen LogP contribution is 2.25. The molecule has 1 unspecified atom stereocenters. The van der Waals surface area contributed by atoms with Crippen molar-refractivity contribution in [2.45, 2.75) is 19.0 Å². The number of hydrogen-bond acceptors (Lipinski definition) is 4. The number of methoxy groups -OCH3 is 1. The van der Waals surface area contributed by atoms with Crippen molar-refractivity contribution in [1.29, 1.82) is 0 Å². The van der Waals surface area contributed by atoms with E-state index >= 15 is 0 Å². The van der Waals surface area contributed by atoms with Crippen LogP contribution in [0, 0.1) is 0 Å². The molecule has 1 aliphatic heterocycles. The number of amides is 1. The van der Waals surface area contributed by atoms with Gasteiger partial charge in [-0.15, -0.1) is 0 Å². The second-order valence-corrected chi connectivity index (χ2v) is 6.20. The second-order valence-electron chi connectivity index (χ2n) is 6.20. The summed E-state index contributed by atoms with van der Waals surface area (Å²) in [5.41, 5.74) is 1.91. The van der Waals surface area contributed by atoms with Crippen LogP contribution in [0.5, 0.6) is 5.75 Å². The number of anilines is 1. The molecule has 1 aromatic carbocycles. The van der Waals surface area contributed by atoms with E-state index in [4.69, 9.17) is 4.74 Å². The highest BCUT2D eigenvalue weighted by atomic mass is 16.5. The van der Waals surface area contributed by atoms with E-state index in [1.165, 1.54) is 0 Å². The normalized spacial score (nSPS) is 17.5. The zero-order valence-electron chi connectivity index (χ0n) is 15.3. The Balaban J connectivity index is 1.58. The summed E-state index contributed by atoms with van der Waals surface area (Å²) in [5.74, 6) is 1.48. The predicted octanol–water partition coefficient (Wildman–Crippen LogP) is 0.899. The highest BCUT2D eigenvalue weighted by Gasteiger charge is 2.31. The number of carbonyl (C=O) groups excluding carboxylic acids is 1. The van der Waals surface area contributed by atoms with E-state index in [2.05, 4.69) is 20.7 Å². The topological polar surface area (TPSA) is 83.8 Å². The van der Waals surface area contributed by atoms with Crippen molar-refractivity contribution in [2.75, 3.05) is 25.6 Å². The Labute approximate surface area is 152 Å². The number of carbonyl (C=O) groups is 1. The summed E-state index contributed by atoms with van der Waals surface area (Å²) in [6.45, 7) is 1.20. The van der Waals surface area contributed by atoms with Gasteiger partial charge in [-0.3, -0.25) is 14.5 Å². The first-order valence-corrected chi connectivity index (χ1v) is 8.48. The largest absolute Gasteiger partial charge is 0.497 e. The average Bonchev–Trinajstić information content (AvgIpc) is 3.23. The fourth-order valence-corrected chi connectivity index (χ4v) is 2.97. The molecule has 1 amide bonds. The van der Waals surface area contributed by atoms with Gasteiger partial charge in [-0.25, -0.2) is 0 Å². The van der Waals surface area contributed by atoms with E-state index < -0.39 is 0 Å². The van der Waals surface area contributed by atoms with Gasteiger partial charge in [-0.2, -0.15) is 5.10 Å². The molecule has 0 spiro atoms. The van der Waals surface area contributed by atoms with Crippen LogP contribution >= 0.6 is 0 Å². The van der Waals surface area contributed by atoms with Gasteiger partial charge in [0.25, 0.3) is 0 Å². The Morgan fingerprint density at radius 1 is 1.46 bits per heavy atom. The molecule has 26 heavy (non-hydrogen) atoms. The quantitative estimate of drug-likeness (QED) is 0.614. The molecule has 2 aromatic rings. The van der Waals surface area contributed by atoms with Crippen molar-refractivity contribution >= 4 is 17.6 Å². The number of aromatic nitrogens is 2. The van der Waals surface area contributed by atoms with E-state index in [0.717, 1.165) is 17.0 Å². The van der Waals surface area contributed by atoms with Gasteiger partial charge in [0, 0.05) is 57.1 Å². The van der Waals surface area contributed by atoms with Crippen LogP contribution in [0.4, 0.5) is 5.69 Å². The number of nitrogens with zero attached hydrogens (tertiary/aromatic N) is 4. The lowest BCUT2D eigenvalue weighted by Gasteiger charge is -2.19. The third kappa shape index (κ3) is 4.14. The Kier molecular flexibility index (Phi) is 5.40. The SMILES string of the molecule is CN=C(NCc1cnn(C)c1)NC1CC(=O)N(c2cccc(OC)c2)C1. The molecule has 0 bridgehead atoms. The molecule has 1 aliphatic rings. The maximum Gasteiger partial charge on any atom is 0.229 e. The van der Waals surface area contributed by atoms with E-state index in [0.29, 0.717) is 25.5 Å². The fraction of sp³-hybridized carbons (Fsp3) is 0.389. The molecule has 1 fully saturated rings. The Morgan fingerprint density at radius 2 is 2.31 bits per heavy atom. The number of aliphatic imine (C=N–C) groups is 1. The Bertz CT molecular complexity index is 800. The van der Waals surface area contributed by atoms with E-state index in [-0.39, 0.29) is 11.9 Å². The van der Waals surface area contributed by atoms with E-state index in [9.17, 15) is 4.79 Å². The molecule has 1 aromatic heterocycles. The molecule has 8 heteroatoms. The van der Waals surface area contributed by atoms with Crippen molar-refractivity contribution in [3.63, 3.8) is 0 Å². The molecule has 1 atom stereocenters. The maximum atomic E-state index is 12.4. The van der Waals surface area contributed by atoms with Gasteiger partial charge in [0.15, 0.2) is 5.96 Å². The van der Waals surface area contributed by atoms with Crippen molar-refractivity contribution < 1.29 is 9.53 Å². The minimum atomic E-state index is -0.00574. The second kappa shape index (κ2) is 7.90. The molecule has 0 radical (unpaired) electrons. The lowest BCUT2D eigenvalue weighted by molar-refractivity contribution is -0.117. The predicted molar refractivity (Wildman–Crippen MR) is 100 cm³/mol. The molecule has 3 rings (SSSR count). The number of nitrogens with one attached hydrogen (secondary N) is 2. The van der Waals surface area contributed by atoms with Crippen LogP contribution in [0.15, 0.2) is 41.7 Å². The number of guanidine groups is 1. The summed E-state index contributed by atoms with van der Waals surface area (Å²) in [6.07, 6.45) is 4.18. The molecule has 138 valence electrons. The van der Waals surface area contributed by atoms with Gasteiger partial charge in [0.1, 0.15) is 5.75 Å². The fourth-order valence-electron chi connectivity index (χ4n) is 2.97. The third-order valence-electron chi connectivity index (χ3n) is 4.27. The molecule has 1 saturated heterocycles. The van der Waals surface area contributed by atoms with Crippen LogP contribution in [0.3, 0.4) is 0 Å². The van der Waals surface area contributed by atoms with E-state index in [1.807, 2.05) is 43.7 Å². The highest BCUT2D eigenvalue weighted by molar-refractivity contribution is 5.97. The van der Waals surface area contributed by atoms with Gasteiger partial charge in [0.05, 0.1) is 19.3 Å². The van der Waals surface area contributed by atoms with Crippen LogP contribution in [0.1, 0.15) is 12.0 Å². The lowest BCUT2D eigenvalue weighted by Crippen LogP contribution is -2.44. The standard InChI is InChI=1S/C18H24N6O2/c1-19-18(20-9-13-10-21-23(2)11-13)22-14-7-17(25)24(12-14)15-5-4-6-16(8-15)26-3/h4-6,8,10-11,14H,7,9,12H2,1-3H3,(H2,19,20,22). The first-order chi connectivity index (χ1) is 12.6. The van der Waals surface area contributed by atoms with Gasteiger partial charge in [-0.05, 0) is 12.1 Å². The number of aryl methyl sites for hydroxylation is 1. The maximum absolute atomic E-state index is 12.4. The van der Waals surface area contributed by atoms with Crippen LogP contribution in [0.2, 0.25) is 0 Å². The monoisotopic (exact) mass is 356 g/mol. The van der Waals surface area contributed by atoms with Crippen molar-refractivity contribution in [3.05, 3.63) is 42.2 Å². The Hall–Kier alpha value is -3.03. The molecule has 0 aliphatic carbocycles. The molecular weight excluding hydrogens is 332 g/mol. The number of rotatable bonds is 5. The molecule has 0 saturated carbocycles. The summed E-state index contributed by atoms with van der Waals surface area (Å²) in [4.78, 5) is 18.4. The van der Waals surface area contributed by atoms with Crippen LogP contribution in [-0.4, -0.2) is 48.4 Å². The van der Waals surface area contributed by atoms with Gasteiger partial charge >= 0.3 is 0 Å². The summed E-state index contributed by atoms with van der Waals surface area (Å²) >= 11 is 0. The number of benzene rings is 1. The van der Waals surface area contributed by atoms with Crippen molar-refractivity contribution in [2.24, 2.45) is 12.0 Å². The van der Waals surface area contributed by atoms with Crippen LogP contribution in [0.25, 0.3) is 0 Å². The number of hydrogen-bond donors (Lipinski definition) is 2. The summed E-state index contributed by atoms with van der Waals surface area (Å²) in [6, 6.07) is 7.53. The van der Waals surface area contributed by atoms with Crippen molar-refractivity contribution in [1.82, 2.24) is 20.4 Å². The minimum absolute atomic E-state index is 0.00574. The van der Waals surface area contributed by atoms with Crippen molar-refractivity contribution in [3.8, 4) is 5.75 Å². The number of ether oxygens (including phenoxy) is 1.